The first-order valence-corrected chi connectivity index (χ1v) is 6.68. The summed E-state index contributed by atoms with van der Waals surface area (Å²) in [5.74, 6) is 1.58. The number of nitrogens with two attached hydrogens (primary N) is 1. The lowest BCUT2D eigenvalue weighted by Crippen LogP contribution is -2.13. The lowest BCUT2D eigenvalue weighted by molar-refractivity contribution is 0.407. The molecule has 4 heteroatoms. The first-order valence-electron chi connectivity index (χ1n) is 6.30. The number of hydrogen-bond donors (Lipinski definition) is 1. The molecule has 0 heterocycles. The SMILES string of the molecule is COc1ccc(C(N)c2cc(Cl)ccc2OC)cc1C. The first-order chi connectivity index (χ1) is 9.56. The molecule has 1 atom stereocenters. The van der Waals surface area contributed by atoms with Crippen molar-refractivity contribution in [1.82, 2.24) is 0 Å². The summed E-state index contributed by atoms with van der Waals surface area (Å²) in [5, 5.41) is 0.640. The van der Waals surface area contributed by atoms with Gasteiger partial charge >= 0.3 is 0 Å². The Labute approximate surface area is 124 Å². The summed E-state index contributed by atoms with van der Waals surface area (Å²) in [6.45, 7) is 1.99. The number of aryl methyl sites for hydroxylation is 1. The van der Waals surface area contributed by atoms with Gasteiger partial charge in [-0.2, -0.15) is 0 Å². The van der Waals surface area contributed by atoms with Crippen LogP contribution in [0.15, 0.2) is 36.4 Å². The molecule has 0 radical (unpaired) electrons. The van der Waals surface area contributed by atoms with E-state index in [-0.39, 0.29) is 6.04 Å². The van der Waals surface area contributed by atoms with E-state index < -0.39 is 0 Å². The van der Waals surface area contributed by atoms with E-state index in [1.807, 2.05) is 37.3 Å². The zero-order valence-corrected chi connectivity index (χ0v) is 12.6. The van der Waals surface area contributed by atoms with Crippen LogP contribution in [0.2, 0.25) is 5.02 Å². The lowest BCUT2D eigenvalue weighted by Gasteiger charge is -2.17. The van der Waals surface area contributed by atoms with Crippen LogP contribution in [-0.4, -0.2) is 14.2 Å². The average Bonchev–Trinajstić information content (AvgIpc) is 2.46. The smallest absolute Gasteiger partial charge is 0.124 e. The number of hydrogen-bond acceptors (Lipinski definition) is 3. The van der Waals surface area contributed by atoms with Crippen molar-refractivity contribution in [3.8, 4) is 11.5 Å². The second kappa shape index (κ2) is 6.16. The van der Waals surface area contributed by atoms with Crippen LogP contribution in [0.1, 0.15) is 22.7 Å². The molecule has 106 valence electrons. The standard InChI is InChI=1S/C16H18ClNO2/c1-10-8-11(4-6-14(10)19-2)16(18)13-9-12(17)5-7-15(13)20-3/h4-9,16H,18H2,1-3H3. The Morgan fingerprint density at radius 2 is 1.65 bits per heavy atom. The van der Waals surface area contributed by atoms with Gasteiger partial charge in [0.2, 0.25) is 0 Å². The number of methoxy groups -OCH3 is 2. The maximum atomic E-state index is 6.34. The molecule has 0 spiro atoms. The second-order valence-corrected chi connectivity index (χ2v) is 5.03. The van der Waals surface area contributed by atoms with Crippen molar-refractivity contribution in [3.05, 3.63) is 58.1 Å². The third-order valence-electron chi connectivity index (χ3n) is 3.30. The minimum absolute atomic E-state index is 0.298. The third kappa shape index (κ3) is 2.89. The number of benzene rings is 2. The highest BCUT2D eigenvalue weighted by atomic mass is 35.5. The van der Waals surface area contributed by atoms with Crippen LogP contribution >= 0.6 is 11.6 Å². The second-order valence-electron chi connectivity index (χ2n) is 4.59. The molecule has 0 saturated heterocycles. The van der Waals surface area contributed by atoms with E-state index in [1.165, 1.54) is 0 Å². The fraction of sp³-hybridized carbons (Fsp3) is 0.250. The first kappa shape index (κ1) is 14.7. The molecule has 0 aromatic heterocycles. The van der Waals surface area contributed by atoms with Gasteiger partial charge in [0.25, 0.3) is 0 Å². The molecule has 2 aromatic rings. The number of ether oxygens (including phenoxy) is 2. The van der Waals surface area contributed by atoms with Gasteiger partial charge in [-0.1, -0.05) is 23.7 Å². The van der Waals surface area contributed by atoms with Crippen molar-refractivity contribution in [2.24, 2.45) is 5.73 Å². The molecule has 1 unspecified atom stereocenters. The van der Waals surface area contributed by atoms with Gasteiger partial charge in [0, 0.05) is 10.6 Å². The molecule has 0 fully saturated rings. The van der Waals surface area contributed by atoms with E-state index in [1.54, 1.807) is 20.3 Å². The lowest BCUT2D eigenvalue weighted by atomic mass is 9.97. The molecule has 2 aromatic carbocycles. The Morgan fingerprint density at radius 3 is 2.25 bits per heavy atom. The molecule has 0 aliphatic heterocycles. The highest BCUT2D eigenvalue weighted by Gasteiger charge is 2.15. The summed E-state index contributed by atoms with van der Waals surface area (Å²) in [5.41, 5.74) is 9.24. The van der Waals surface area contributed by atoms with Crippen LogP contribution in [0.3, 0.4) is 0 Å². The number of halogens is 1. The summed E-state index contributed by atoms with van der Waals surface area (Å²) in [6.07, 6.45) is 0. The van der Waals surface area contributed by atoms with Crippen molar-refractivity contribution in [2.45, 2.75) is 13.0 Å². The quantitative estimate of drug-likeness (QED) is 0.934. The van der Waals surface area contributed by atoms with Gasteiger partial charge in [-0.3, -0.25) is 0 Å². The topological polar surface area (TPSA) is 44.5 Å². The summed E-state index contributed by atoms with van der Waals surface area (Å²) in [7, 11) is 3.28. The molecule has 0 amide bonds. The largest absolute Gasteiger partial charge is 0.496 e. The highest BCUT2D eigenvalue weighted by molar-refractivity contribution is 6.30. The fourth-order valence-electron chi connectivity index (χ4n) is 2.22. The van der Waals surface area contributed by atoms with Crippen LogP contribution in [0, 0.1) is 6.92 Å². The Hall–Kier alpha value is -1.71. The highest BCUT2D eigenvalue weighted by Crippen LogP contribution is 2.32. The number of rotatable bonds is 4. The van der Waals surface area contributed by atoms with Crippen molar-refractivity contribution in [2.75, 3.05) is 14.2 Å². The van der Waals surface area contributed by atoms with Crippen LogP contribution in [0.4, 0.5) is 0 Å². The fourth-order valence-corrected chi connectivity index (χ4v) is 2.40. The van der Waals surface area contributed by atoms with Crippen molar-refractivity contribution in [1.29, 1.82) is 0 Å². The molecule has 0 bridgehead atoms. The van der Waals surface area contributed by atoms with E-state index >= 15 is 0 Å². The molecular weight excluding hydrogens is 274 g/mol. The van der Waals surface area contributed by atoms with E-state index in [0.717, 1.165) is 28.2 Å². The predicted octanol–water partition coefficient (Wildman–Crippen LogP) is 3.71. The van der Waals surface area contributed by atoms with Crippen LogP contribution in [0.5, 0.6) is 11.5 Å². The maximum Gasteiger partial charge on any atom is 0.124 e. The summed E-state index contributed by atoms with van der Waals surface area (Å²) >= 11 is 6.05. The van der Waals surface area contributed by atoms with E-state index in [9.17, 15) is 0 Å². The molecular formula is C16H18ClNO2. The normalized spacial score (nSPS) is 12.1. The average molecular weight is 292 g/mol. The van der Waals surface area contributed by atoms with Crippen LogP contribution in [0.25, 0.3) is 0 Å². The minimum atomic E-state index is -0.298. The molecule has 0 aliphatic carbocycles. The van der Waals surface area contributed by atoms with Gasteiger partial charge in [0.05, 0.1) is 20.3 Å². The van der Waals surface area contributed by atoms with Gasteiger partial charge < -0.3 is 15.2 Å². The van der Waals surface area contributed by atoms with Crippen LogP contribution in [-0.2, 0) is 0 Å². The van der Waals surface area contributed by atoms with E-state index in [4.69, 9.17) is 26.8 Å². The maximum absolute atomic E-state index is 6.34. The van der Waals surface area contributed by atoms with Gasteiger partial charge in [-0.15, -0.1) is 0 Å². The van der Waals surface area contributed by atoms with E-state index in [0.29, 0.717) is 5.02 Å². The summed E-state index contributed by atoms with van der Waals surface area (Å²) in [4.78, 5) is 0. The predicted molar refractivity (Wildman–Crippen MR) is 81.8 cm³/mol. The Kier molecular flexibility index (Phi) is 4.53. The summed E-state index contributed by atoms with van der Waals surface area (Å²) in [6, 6.07) is 11.0. The van der Waals surface area contributed by atoms with Gasteiger partial charge in [-0.25, -0.2) is 0 Å². The zero-order chi connectivity index (χ0) is 14.7. The molecule has 0 aliphatic rings. The molecule has 0 saturated carbocycles. The molecule has 3 nitrogen and oxygen atoms in total. The summed E-state index contributed by atoms with van der Waals surface area (Å²) < 4.78 is 10.6. The van der Waals surface area contributed by atoms with Gasteiger partial charge in [0.1, 0.15) is 11.5 Å². The minimum Gasteiger partial charge on any atom is -0.496 e. The Morgan fingerprint density at radius 1 is 1.00 bits per heavy atom. The molecule has 2 N–H and O–H groups in total. The van der Waals surface area contributed by atoms with Gasteiger partial charge in [0.15, 0.2) is 0 Å². The van der Waals surface area contributed by atoms with E-state index in [2.05, 4.69) is 0 Å². The molecule has 20 heavy (non-hydrogen) atoms. The molecule has 2 rings (SSSR count). The Balaban J connectivity index is 2.43. The van der Waals surface area contributed by atoms with Crippen molar-refractivity contribution < 1.29 is 9.47 Å². The Bertz CT molecular complexity index is 613. The monoisotopic (exact) mass is 291 g/mol. The zero-order valence-electron chi connectivity index (χ0n) is 11.8. The third-order valence-corrected chi connectivity index (χ3v) is 3.54. The van der Waals surface area contributed by atoms with Crippen molar-refractivity contribution >= 4 is 11.6 Å². The van der Waals surface area contributed by atoms with Gasteiger partial charge in [-0.05, 0) is 42.3 Å². The van der Waals surface area contributed by atoms with Crippen LogP contribution < -0.4 is 15.2 Å². The van der Waals surface area contributed by atoms with Crippen molar-refractivity contribution in [3.63, 3.8) is 0 Å².